The van der Waals surface area contributed by atoms with E-state index in [1.54, 1.807) is 0 Å². The average molecular weight is 270 g/mol. The van der Waals surface area contributed by atoms with Gasteiger partial charge in [-0.15, -0.1) is 0 Å². The van der Waals surface area contributed by atoms with Crippen LogP contribution in [0.1, 0.15) is 25.3 Å². The van der Waals surface area contributed by atoms with Gasteiger partial charge in [0.2, 0.25) is 5.91 Å². The van der Waals surface area contributed by atoms with Crippen molar-refractivity contribution in [3.63, 3.8) is 0 Å². The molecule has 0 saturated heterocycles. The van der Waals surface area contributed by atoms with Crippen molar-refractivity contribution >= 4 is 5.91 Å². The quantitative estimate of drug-likeness (QED) is 0.745. The second-order valence-electron chi connectivity index (χ2n) is 4.76. The Labute approximate surface area is 112 Å². The fourth-order valence-corrected chi connectivity index (χ4v) is 1.69. The Hall–Kier alpha value is -1.49. The molecule has 5 heteroatoms. The van der Waals surface area contributed by atoms with Crippen LogP contribution in [0.5, 0.6) is 0 Å². The largest absolute Gasteiger partial charge is 0.356 e. The molecule has 3 N–H and O–H groups in total. The van der Waals surface area contributed by atoms with Crippen LogP contribution in [0.3, 0.4) is 0 Å². The number of carbonyl (C=O) groups excluding carboxylic acids is 1. The predicted molar refractivity (Wildman–Crippen MR) is 70.5 cm³/mol. The summed E-state index contributed by atoms with van der Waals surface area (Å²) in [5.41, 5.74) is 5.95. The van der Waals surface area contributed by atoms with Gasteiger partial charge in [-0.05, 0) is 43.0 Å². The molecule has 0 radical (unpaired) electrons. The van der Waals surface area contributed by atoms with Crippen molar-refractivity contribution in [3.05, 3.63) is 35.4 Å². The topological polar surface area (TPSA) is 55.1 Å². The molecule has 0 saturated carbocycles. The van der Waals surface area contributed by atoms with Gasteiger partial charge in [0, 0.05) is 6.54 Å². The van der Waals surface area contributed by atoms with E-state index in [2.05, 4.69) is 12.2 Å². The minimum absolute atomic E-state index is 0.0592. The summed E-state index contributed by atoms with van der Waals surface area (Å²) in [4.78, 5) is 11.6. The number of rotatable bonds is 7. The van der Waals surface area contributed by atoms with Crippen molar-refractivity contribution in [1.82, 2.24) is 5.32 Å². The highest BCUT2D eigenvalue weighted by atomic mass is 19.2. The highest BCUT2D eigenvalue weighted by Gasteiger charge is 2.07. The Bertz CT molecular complexity index is 424. The molecule has 0 aliphatic heterocycles. The van der Waals surface area contributed by atoms with E-state index in [0.717, 1.165) is 25.0 Å². The highest BCUT2D eigenvalue weighted by Crippen LogP contribution is 2.09. The number of benzene rings is 1. The maximum absolute atomic E-state index is 12.9. The van der Waals surface area contributed by atoms with Crippen LogP contribution in [0.4, 0.5) is 8.78 Å². The van der Waals surface area contributed by atoms with Crippen molar-refractivity contribution in [2.45, 2.75) is 26.2 Å². The summed E-state index contributed by atoms with van der Waals surface area (Å²) in [6, 6.07) is 3.49. The first-order valence-corrected chi connectivity index (χ1v) is 6.43. The minimum atomic E-state index is -0.929. The van der Waals surface area contributed by atoms with E-state index in [-0.39, 0.29) is 12.3 Å². The number of hydrogen-bond donors (Lipinski definition) is 2. The van der Waals surface area contributed by atoms with Crippen LogP contribution in [0.15, 0.2) is 18.2 Å². The summed E-state index contributed by atoms with van der Waals surface area (Å²) >= 11 is 0. The molecule has 0 aliphatic carbocycles. The molecule has 3 nitrogen and oxygen atoms in total. The normalized spacial score (nSPS) is 12.2. The SMILES string of the molecule is CC(CN)CCCNC(=O)Cc1ccc(F)c(F)c1. The molecule has 0 spiro atoms. The van der Waals surface area contributed by atoms with Crippen LogP contribution in [-0.4, -0.2) is 19.0 Å². The van der Waals surface area contributed by atoms with Crippen LogP contribution < -0.4 is 11.1 Å². The maximum Gasteiger partial charge on any atom is 0.224 e. The Morgan fingerprint density at radius 3 is 2.74 bits per heavy atom. The second-order valence-corrected chi connectivity index (χ2v) is 4.76. The molecular weight excluding hydrogens is 250 g/mol. The van der Waals surface area contributed by atoms with Gasteiger partial charge in [-0.1, -0.05) is 13.0 Å². The molecule has 0 heterocycles. The van der Waals surface area contributed by atoms with E-state index < -0.39 is 11.6 Å². The lowest BCUT2D eigenvalue weighted by molar-refractivity contribution is -0.120. The summed E-state index contributed by atoms with van der Waals surface area (Å²) in [5, 5.41) is 2.75. The Balaban J connectivity index is 2.29. The van der Waals surface area contributed by atoms with Crippen LogP contribution in [-0.2, 0) is 11.2 Å². The van der Waals surface area contributed by atoms with E-state index in [1.807, 2.05) is 0 Å². The molecule has 1 aromatic rings. The van der Waals surface area contributed by atoms with Crippen molar-refractivity contribution < 1.29 is 13.6 Å². The van der Waals surface area contributed by atoms with Gasteiger partial charge in [0.15, 0.2) is 11.6 Å². The van der Waals surface area contributed by atoms with Gasteiger partial charge in [-0.3, -0.25) is 4.79 Å². The lowest BCUT2D eigenvalue weighted by Gasteiger charge is -2.09. The first-order chi connectivity index (χ1) is 9.02. The van der Waals surface area contributed by atoms with Gasteiger partial charge < -0.3 is 11.1 Å². The van der Waals surface area contributed by atoms with Crippen LogP contribution >= 0.6 is 0 Å². The number of nitrogens with one attached hydrogen (secondary N) is 1. The smallest absolute Gasteiger partial charge is 0.224 e. The number of amides is 1. The van der Waals surface area contributed by atoms with Crippen LogP contribution in [0.2, 0.25) is 0 Å². The lowest BCUT2D eigenvalue weighted by Crippen LogP contribution is -2.26. The van der Waals surface area contributed by atoms with E-state index >= 15 is 0 Å². The molecular formula is C14H20F2N2O. The zero-order valence-corrected chi connectivity index (χ0v) is 11.1. The Morgan fingerprint density at radius 1 is 1.37 bits per heavy atom. The molecule has 0 fully saturated rings. The number of carbonyl (C=O) groups is 1. The third kappa shape index (κ3) is 5.79. The zero-order chi connectivity index (χ0) is 14.3. The van der Waals surface area contributed by atoms with Crippen LogP contribution in [0, 0.1) is 17.6 Å². The molecule has 19 heavy (non-hydrogen) atoms. The molecule has 1 aromatic carbocycles. The number of halogens is 2. The first-order valence-electron chi connectivity index (χ1n) is 6.43. The van der Waals surface area contributed by atoms with Gasteiger partial charge in [0.05, 0.1) is 6.42 Å². The first kappa shape index (κ1) is 15.6. The average Bonchev–Trinajstić information content (AvgIpc) is 2.38. The van der Waals surface area contributed by atoms with Gasteiger partial charge in [0.1, 0.15) is 0 Å². The van der Waals surface area contributed by atoms with Gasteiger partial charge >= 0.3 is 0 Å². The van der Waals surface area contributed by atoms with Gasteiger partial charge in [0.25, 0.3) is 0 Å². The third-order valence-corrected chi connectivity index (χ3v) is 2.95. The standard InChI is InChI=1S/C14H20F2N2O/c1-10(9-17)3-2-6-18-14(19)8-11-4-5-12(15)13(16)7-11/h4-5,7,10H,2-3,6,8-9,17H2,1H3,(H,18,19). The molecule has 0 aromatic heterocycles. The summed E-state index contributed by atoms with van der Waals surface area (Å²) < 4.78 is 25.7. The van der Waals surface area contributed by atoms with Crippen molar-refractivity contribution in [2.75, 3.05) is 13.1 Å². The summed E-state index contributed by atoms with van der Waals surface area (Å²) in [6.07, 6.45) is 1.88. The number of hydrogen-bond acceptors (Lipinski definition) is 2. The highest BCUT2D eigenvalue weighted by molar-refractivity contribution is 5.78. The van der Waals surface area contributed by atoms with E-state index in [4.69, 9.17) is 5.73 Å². The maximum atomic E-state index is 12.9. The fraction of sp³-hybridized carbons (Fsp3) is 0.500. The van der Waals surface area contributed by atoms with Crippen LogP contribution in [0.25, 0.3) is 0 Å². The monoisotopic (exact) mass is 270 g/mol. The fourth-order valence-electron chi connectivity index (χ4n) is 1.69. The van der Waals surface area contributed by atoms with Gasteiger partial charge in [-0.2, -0.15) is 0 Å². The second kappa shape index (κ2) is 7.84. The molecule has 1 rings (SSSR count). The van der Waals surface area contributed by atoms with Crippen molar-refractivity contribution in [3.8, 4) is 0 Å². The number of nitrogens with two attached hydrogens (primary N) is 1. The van der Waals surface area contributed by atoms with E-state index in [1.165, 1.54) is 6.07 Å². The molecule has 0 bridgehead atoms. The van der Waals surface area contributed by atoms with Crippen molar-refractivity contribution in [1.29, 1.82) is 0 Å². The summed E-state index contributed by atoms with van der Waals surface area (Å²) in [6.45, 7) is 3.28. The molecule has 1 unspecified atom stereocenters. The Morgan fingerprint density at radius 2 is 2.11 bits per heavy atom. The minimum Gasteiger partial charge on any atom is -0.356 e. The lowest BCUT2D eigenvalue weighted by atomic mass is 10.1. The summed E-state index contributed by atoms with van der Waals surface area (Å²) in [5.74, 6) is -1.57. The molecule has 106 valence electrons. The molecule has 1 atom stereocenters. The van der Waals surface area contributed by atoms with Gasteiger partial charge in [-0.25, -0.2) is 8.78 Å². The summed E-state index contributed by atoms with van der Waals surface area (Å²) in [7, 11) is 0. The molecule has 1 amide bonds. The van der Waals surface area contributed by atoms with E-state index in [0.29, 0.717) is 24.6 Å². The third-order valence-electron chi connectivity index (χ3n) is 2.95. The molecule has 0 aliphatic rings. The Kier molecular flexibility index (Phi) is 6.42. The van der Waals surface area contributed by atoms with E-state index in [9.17, 15) is 13.6 Å². The zero-order valence-electron chi connectivity index (χ0n) is 11.1. The predicted octanol–water partition coefficient (Wildman–Crippen LogP) is 2.00. The van der Waals surface area contributed by atoms with Crippen molar-refractivity contribution in [2.24, 2.45) is 11.7 Å².